The van der Waals surface area contributed by atoms with E-state index in [1.165, 1.54) is 4.88 Å². The minimum Gasteiger partial charge on any atom is -0.357 e. The fraction of sp³-hybridized carbons (Fsp3) is 0.688. The van der Waals surface area contributed by atoms with E-state index in [4.69, 9.17) is 4.99 Å². The summed E-state index contributed by atoms with van der Waals surface area (Å²) in [6.07, 6.45) is 1.05. The number of guanidine groups is 1. The number of aliphatic imine (C=N–C) groups is 1. The maximum atomic E-state index is 4.77. The van der Waals surface area contributed by atoms with Crippen LogP contribution in [0.4, 0.5) is 0 Å². The molecule has 0 saturated carbocycles. The number of nitrogens with one attached hydrogen (secondary N) is 2. The molecular formula is C16H30IN5S. The third-order valence-electron chi connectivity index (χ3n) is 4.03. The molecule has 1 atom stereocenters. The second-order valence-corrected chi connectivity index (χ2v) is 6.90. The van der Waals surface area contributed by atoms with E-state index in [-0.39, 0.29) is 24.0 Å². The van der Waals surface area contributed by atoms with Gasteiger partial charge in [0.2, 0.25) is 0 Å². The first-order chi connectivity index (χ1) is 10.7. The van der Waals surface area contributed by atoms with E-state index in [1.807, 2.05) is 11.3 Å². The number of nitrogens with zero attached hydrogens (tertiary/aromatic N) is 3. The molecule has 0 aliphatic carbocycles. The van der Waals surface area contributed by atoms with Crippen molar-refractivity contribution in [2.45, 2.75) is 19.4 Å². The van der Waals surface area contributed by atoms with Gasteiger partial charge in [0.1, 0.15) is 0 Å². The summed E-state index contributed by atoms with van der Waals surface area (Å²) in [5, 5.41) is 8.91. The third-order valence-corrected chi connectivity index (χ3v) is 4.96. The highest BCUT2D eigenvalue weighted by Crippen LogP contribution is 2.08. The predicted molar refractivity (Wildman–Crippen MR) is 111 cm³/mol. The lowest BCUT2D eigenvalue weighted by molar-refractivity contribution is 0.119. The highest BCUT2D eigenvalue weighted by molar-refractivity contribution is 14.0. The first-order valence-electron chi connectivity index (χ1n) is 8.12. The van der Waals surface area contributed by atoms with Gasteiger partial charge in [0, 0.05) is 43.6 Å². The fourth-order valence-corrected chi connectivity index (χ4v) is 3.30. The molecule has 0 spiro atoms. The Kier molecular flexibility index (Phi) is 10.1. The lowest BCUT2D eigenvalue weighted by atomic mass is 10.2. The van der Waals surface area contributed by atoms with E-state index in [0.29, 0.717) is 6.04 Å². The van der Waals surface area contributed by atoms with Crippen LogP contribution in [0.3, 0.4) is 0 Å². The molecule has 2 rings (SSSR count). The van der Waals surface area contributed by atoms with Gasteiger partial charge in [0.05, 0.1) is 6.54 Å². The Morgan fingerprint density at radius 3 is 2.87 bits per heavy atom. The zero-order valence-electron chi connectivity index (χ0n) is 14.4. The van der Waals surface area contributed by atoms with E-state index < -0.39 is 0 Å². The van der Waals surface area contributed by atoms with Crippen molar-refractivity contribution in [2.75, 3.05) is 53.4 Å². The van der Waals surface area contributed by atoms with Crippen LogP contribution in [0.1, 0.15) is 11.8 Å². The van der Waals surface area contributed by atoms with Crippen LogP contribution in [0.15, 0.2) is 22.5 Å². The number of halogens is 1. The van der Waals surface area contributed by atoms with Gasteiger partial charge in [0.15, 0.2) is 5.96 Å². The Morgan fingerprint density at radius 2 is 2.17 bits per heavy atom. The Bertz CT molecular complexity index is 451. The van der Waals surface area contributed by atoms with Crippen molar-refractivity contribution in [2.24, 2.45) is 4.99 Å². The maximum Gasteiger partial charge on any atom is 0.191 e. The topological polar surface area (TPSA) is 42.9 Å². The Morgan fingerprint density at radius 1 is 1.35 bits per heavy atom. The van der Waals surface area contributed by atoms with Gasteiger partial charge < -0.3 is 15.5 Å². The van der Waals surface area contributed by atoms with E-state index >= 15 is 0 Å². The molecule has 5 nitrogen and oxygen atoms in total. The lowest BCUT2D eigenvalue weighted by Gasteiger charge is -2.36. The van der Waals surface area contributed by atoms with Crippen LogP contribution in [0.25, 0.3) is 0 Å². The van der Waals surface area contributed by atoms with Crippen molar-refractivity contribution < 1.29 is 0 Å². The van der Waals surface area contributed by atoms with Crippen molar-refractivity contribution in [3.05, 3.63) is 22.4 Å². The van der Waals surface area contributed by atoms with Crippen molar-refractivity contribution in [3.63, 3.8) is 0 Å². The number of rotatable bonds is 6. The average molecular weight is 451 g/mol. The Balaban J connectivity index is 0.00000264. The van der Waals surface area contributed by atoms with Crippen LogP contribution in [-0.2, 0) is 6.42 Å². The first kappa shape index (κ1) is 20.7. The molecule has 1 saturated heterocycles. The molecule has 0 amide bonds. The molecule has 7 heteroatoms. The van der Waals surface area contributed by atoms with Gasteiger partial charge in [-0.05, 0) is 38.9 Å². The molecule has 1 unspecified atom stereocenters. The monoisotopic (exact) mass is 451 g/mol. The minimum atomic E-state index is 0. The van der Waals surface area contributed by atoms with Gasteiger partial charge in [-0.25, -0.2) is 0 Å². The zero-order valence-corrected chi connectivity index (χ0v) is 17.6. The van der Waals surface area contributed by atoms with E-state index in [2.05, 4.69) is 59.0 Å². The van der Waals surface area contributed by atoms with Crippen LogP contribution >= 0.6 is 35.3 Å². The van der Waals surface area contributed by atoms with Crippen LogP contribution in [0.5, 0.6) is 0 Å². The van der Waals surface area contributed by atoms with Crippen molar-refractivity contribution in [3.8, 4) is 0 Å². The Labute approximate surface area is 161 Å². The van der Waals surface area contributed by atoms with Crippen LogP contribution in [0.2, 0.25) is 0 Å². The van der Waals surface area contributed by atoms with E-state index in [0.717, 1.165) is 51.6 Å². The lowest BCUT2D eigenvalue weighted by Crippen LogP contribution is -2.51. The number of hydrogen-bond acceptors (Lipinski definition) is 4. The summed E-state index contributed by atoms with van der Waals surface area (Å²) in [5.41, 5.74) is 0. The Hall–Kier alpha value is -0.380. The van der Waals surface area contributed by atoms with Gasteiger partial charge >= 0.3 is 0 Å². The molecule has 0 radical (unpaired) electrons. The van der Waals surface area contributed by atoms with Crippen LogP contribution < -0.4 is 10.6 Å². The normalized spacial score (nSPS) is 20.1. The van der Waals surface area contributed by atoms with Gasteiger partial charge in [-0.1, -0.05) is 6.07 Å². The highest BCUT2D eigenvalue weighted by Gasteiger charge is 2.21. The molecule has 1 aliphatic rings. The molecule has 1 aromatic heterocycles. The smallest absolute Gasteiger partial charge is 0.191 e. The standard InChI is InChI=1S/C16H29N5S.HI/c1-4-17-16(18-8-7-15-6-5-11-22-15)19-12-14-13-20(2)9-10-21(14)3;/h5-6,11,14H,4,7-10,12-13H2,1-3H3,(H2,17,18,19);1H. The highest BCUT2D eigenvalue weighted by atomic mass is 127. The average Bonchev–Trinajstić information content (AvgIpc) is 3.01. The zero-order chi connectivity index (χ0) is 15.8. The van der Waals surface area contributed by atoms with Crippen LogP contribution in [0, 0.1) is 0 Å². The summed E-state index contributed by atoms with van der Waals surface area (Å²) in [6, 6.07) is 4.80. The molecule has 1 fully saturated rings. The largest absolute Gasteiger partial charge is 0.357 e. The second-order valence-electron chi connectivity index (χ2n) is 5.87. The SMILES string of the molecule is CCNC(=NCC1CN(C)CCN1C)NCCc1cccs1.I. The molecule has 132 valence electrons. The minimum absolute atomic E-state index is 0. The van der Waals surface area contributed by atoms with Crippen molar-refractivity contribution in [1.29, 1.82) is 0 Å². The molecule has 1 aliphatic heterocycles. The summed E-state index contributed by atoms with van der Waals surface area (Å²) in [4.78, 5) is 11.0. The molecule has 0 aromatic carbocycles. The first-order valence-corrected chi connectivity index (χ1v) is 9.00. The number of piperazine rings is 1. The van der Waals surface area contributed by atoms with E-state index in [9.17, 15) is 0 Å². The number of hydrogen-bond donors (Lipinski definition) is 2. The van der Waals surface area contributed by atoms with Crippen LogP contribution in [-0.4, -0.2) is 75.2 Å². The van der Waals surface area contributed by atoms with Gasteiger partial charge in [0.25, 0.3) is 0 Å². The predicted octanol–water partition coefficient (Wildman–Crippen LogP) is 1.71. The van der Waals surface area contributed by atoms with Gasteiger partial charge in [-0.15, -0.1) is 35.3 Å². The summed E-state index contributed by atoms with van der Waals surface area (Å²) in [5.74, 6) is 0.931. The molecule has 2 N–H and O–H groups in total. The van der Waals surface area contributed by atoms with Crippen molar-refractivity contribution >= 4 is 41.3 Å². The summed E-state index contributed by atoms with van der Waals surface area (Å²) >= 11 is 1.81. The van der Waals surface area contributed by atoms with Gasteiger partial charge in [-0.3, -0.25) is 9.89 Å². The molecule has 23 heavy (non-hydrogen) atoms. The van der Waals surface area contributed by atoms with E-state index in [1.54, 1.807) is 0 Å². The molecule has 0 bridgehead atoms. The van der Waals surface area contributed by atoms with Crippen molar-refractivity contribution in [1.82, 2.24) is 20.4 Å². The fourth-order valence-electron chi connectivity index (χ4n) is 2.60. The number of thiophene rings is 1. The molecule has 2 heterocycles. The summed E-state index contributed by atoms with van der Waals surface area (Å²) in [7, 11) is 4.39. The number of likely N-dealkylation sites (N-methyl/N-ethyl adjacent to an activating group) is 2. The maximum absolute atomic E-state index is 4.77. The summed E-state index contributed by atoms with van der Waals surface area (Å²) < 4.78 is 0. The second kappa shape index (κ2) is 11.2. The quantitative estimate of drug-likeness (QED) is 0.393. The van der Waals surface area contributed by atoms with Gasteiger partial charge in [-0.2, -0.15) is 0 Å². The third kappa shape index (κ3) is 7.36. The molecular weight excluding hydrogens is 421 g/mol. The molecule has 1 aromatic rings. The summed E-state index contributed by atoms with van der Waals surface area (Å²) in [6.45, 7) is 8.13.